The number of aromatic nitrogens is 2. The summed E-state index contributed by atoms with van der Waals surface area (Å²) >= 11 is 5.92. The molecule has 5 nitrogen and oxygen atoms in total. The Kier molecular flexibility index (Phi) is 4.95. The molecule has 3 aromatic rings. The van der Waals surface area contributed by atoms with Crippen LogP contribution in [0.15, 0.2) is 54.9 Å². The zero-order chi connectivity index (χ0) is 17.8. The highest BCUT2D eigenvalue weighted by atomic mass is 35.5. The first-order valence-corrected chi connectivity index (χ1v) is 8.04. The van der Waals surface area contributed by atoms with Crippen LogP contribution >= 0.6 is 11.6 Å². The molecule has 0 aliphatic heterocycles. The summed E-state index contributed by atoms with van der Waals surface area (Å²) in [5.74, 6) is 0.862. The van der Waals surface area contributed by atoms with E-state index in [0.717, 1.165) is 16.9 Å². The number of aryl methyl sites for hydroxylation is 1. The van der Waals surface area contributed by atoms with E-state index in [1.807, 2.05) is 32.0 Å². The van der Waals surface area contributed by atoms with Gasteiger partial charge in [-0.05, 0) is 49.2 Å². The van der Waals surface area contributed by atoms with Crippen LogP contribution in [-0.4, -0.2) is 15.9 Å². The second-order valence-corrected chi connectivity index (χ2v) is 5.84. The summed E-state index contributed by atoms with van der Waals surface area (Å²) in [7, 11) is 0. The molecule has 0 saturated heterocycles. The second-order valence-electron chi connectivity index (χ2n) is 5.48. The minimum absolute atomic E-state index is 0.155. The van der Waals surface area contributed by atoms with Gasteiger partial charge >= 0.3 is 0 Å². The number of ether oxygens (including phenoxy) is 1. The Hall–Kier alpha value is -2.92. The maximum absolute atomic E-state index is 12.2. The summed E-state index contributed by atoms with van der Waals surface area (Å²) in [4.78, 5) is 20.3. The molecule has 0 atom stereocenters. The van der Waals surface area contributed by atoms with Crippen LogP contribution in [-0.2, 0) is 0 Å². The van der Waals surface area contributed by atoms with Crippen LogP contribution in [0.5, 0.6) is 11.6 Å². The van der Waals surface area contributed by atoms with Crippen molar-refractivity contribution in [2.75, 3.05) is 5.32 Å². The first-order valence-electron chi connectivity index (χ1n) is 7.66. The summed E-state index contributed by atoms with van der Waals surface area (Å²) in [6, 6.07) is 12.5. The monoisotopic (exact) mass is 353 g/mol. The lowest BCUT2D eigenvalue weighted by atomic mass is 10.1. The van der Waals surface area contributed by atoms with Gasteiger partial charge in [-0.3, -0.25) is 4.79 Å². The number of nitrogens with one attached hydrogen (secondary N) is 1. The summed E-state index contributed by atoms with van der Waals surface area (Å²) in [6.07, 6.45) is 3.06. The first-order chi connectivity index (χ1) is 12.0. The minimum atomic E-state index is -0.344. The third-order valence-corrected chi connectivity index (χ3v) is 4.07. The van der Waals surface area contributed by atoms with Gasteiger partial charge in [0.05, 0.1) is 17.4 Å². The van der Waals surface area contributed by atoms with E-state index in [0.29, 0.717) is 17.1 Å². The van der Waals surface area contributed by atoms with Crippen molar-refractivity contribution < 1.29 is 9.53 Å². The van der Waals surface area contributed by atoms with Gasteiger partial charge in [-0.25, -0.2) is 9.97 Å². The molecule has 2 heterocycles. The number of hydrogen-bond acceptors (Lipinski definition) is 4. The van der Waals surface area contributed by atoms with E-state index in [-0.39, 0.29) is 11.1 Å². The van der Waals surface area contributed by atoms with E-state index in [9.17, 15) is 4.79 Å². The quantitative estimate of drug-likeness (QED) is 0.685. The van der Waals surface area contributed by atoms with Crippen molar-refractivity contribution in [1.82, 2.24) is 9.97 Å². The van der Waals surface area contributed by atoms with Gasteiger partial charge < -0.3 is 10.1 Å². The predicted molar refractivity (Wildman–Crippen MR) is 97.4 cm³/mol. The average molecular weight is 354 g/mol. The predicted octanol–water partition coefficient (Wildman–Crippen LogP) is 4.79. The molecule has 0 fully saturated rings. The molecular weight excluding hydrogens is 338 g/mol. The molecule has 0 radical (unpaired) electrons. The number of pyridine rings is 2. The van der Waals surface area contributed by atoms with Crippen molar-refractivity contribution in [3.63, 3.8) is 0 Å². The van der Waals surface area contributed by atoms with E-state index in [2.05, 4.69) is 15.3 Å². The number of hydrogen-bond donors (Lipinski definition) is 1. The molecule has 0 aliphatic carbocycles. The van der Waals surface area contributed by atoms with Crippen LogP contribution in [0.25, 0.3) is 0 Å². The van der Waals surface area contributed by atoms with Crippen LogP contribution < -0.4 is 10.1 Å². The number of rotatable bonds is 4. The Bertz CT molecular complexity index is 911. The molecule has 0 saturated carbocycles. The zero-order valence-corrected chi connectivity index (χ0v) is 14.5. The van der Waals surface area contributed by atoms with Gasteiger partial charge in [-0.2, -0.15) is 0 Å². The smallest absolute Gasteiger partial charge is 0.258 e. The van der Waals surface area contributed by atoms with Crippen LogP contribution in [0, 0.1) is 13.8 Å². The molecule has 0 spiro atoms. The van der Waals surface area contributed by atoms with E-state index in [4.69, 9.17) is 16.3 Å². The van der Waals surface area contributed by atoms with Crippen molar-refractivity contribution in [2.24, 2.45) is 0 Å². The highest BCUT2D eigenvalue weighted by molar-refractivity contribution is 6.33. The van der Waals surface area contributed by atoms with Gasteiger partial charge in [0.15, 0.2) is 0 Å². The summed E-state index contributed by atoms with van der Waals surface area (Å²) in [5.41, 5.74) is 3.06. The Labute approximate surface area is 150 Å². The Morgan fingerprint density at radius 3 is 2.64 bits per heavy atom. The van der Waals surface area contributed by atoms with E-state index < -0.39 is 0 Å². The van der Waals surface area contributed by atoms with Crippen LogP contribution in [0.2, 0.25) is 5.15 Å². The molecule has 1 N–H and O–H groups in total. The molecule has 1 aromatic carbocycles. The number of halogens is 1. The molecule has 25 heavy (non-hydrogen) atoms. The molecule has 0 aliphatic rings. The average Bonchev–Trinajstić information content (AvgIpc) is 2.61. The largest absolute Gasteiger partial charge is 0.439 e. The third kappa shape index (κ3) is 3.95. The lowest BCUT2D eigenvalue weighted by Gasteiger charge is -2.10. The SMILES string of the molecule is Cc1cccc(Oc2ccc(NC(=O)c3cccnc3Cl)cn2)c1C. The van der Waals surface area contributed by atoms with Crippen molar-refractivity contribution in [2.45, 2.75) is 13.8 Å². The van der Waals surface area contributed by atoms with Crippen LogP contribution in [0.1, 0.15) is 21.5 Å². The van der Waals surface area contributed by atoms with Gasteiger partial charge in [0, 0.05) is 12.3 Å². The summed E-state index contributed by atoms with van der Waals surface area (Å²) < 4.78 is 5.80. The normalized spacial score (nSPS) is 10.4. The highest BCUT2D eigenvalue weighted by Crippen LogP contribution is 2.26. The van der Waals surface area contributed by atoms with Crippen molar-refractivity contribution in [3.05, 3.63) is 76.7 Å². The van der Waals surface area contributed by atoms with Gasteiger partial charge in [-0.1, -0.05) is 23.7 Å². The molecular formula is C19H16ClN3O2. The van der Waals surface area contributed by atoms with Crippen LogP contribution in [0.3, 0.4) is 0 Å². The fourth-order valence-electron chi connectivity index (χ4n) is 2.22. The maximum Gasteiger partial charge on any atom is 0.258 e. The number of nitrogens with zero attached hydrogens (tertiary/aromatic N) is 2. The Balaban J connectivity index is 1.71. The second kappa shape index (κ2) is 7.32. The fourth-order valence-corrected chi connectivity index (χ4v) is 2.42. The van der Waals surface area contributed by atoms with Gasteiger partial charge in [0.25, 0.3) is 5.91 Å². The van der Waals surface area contributed by atoms with Gasteiger partial charge in [0.1, 0.15) is 10.9 Å². The number of carbonyl (C=O) groups is 1. The Morgan fingerprint density at radius 1 is 1.08 bits per heavy atom. The van der Waals surface area contributed by atoms with E-state index >= 15 is 0 Å². The molecule has 3 rings (SSSR count). The molecule has 126 valence electrons. The summed E-state index contributed by atoms with van der Waals surface area (Å²) in [6.45, 7) is 4.02. The molecule has 1 amide bonds. The Morgan fingerprint density at radius 2 is 1.92 bits per heavy atom. The van der Waals surface area contributed by atoms with Crippen molar-refractivity contribution >= 4 is 23.2 Å². The van der Waals surface area contributed by atoms with Gasteiger partial charge in [0.2, 0.25) is 5.88 Å². The topological polar surface area (TPSA) is 64.1 Å². The molecule has 0 unspecified atom stereocenters. The standard InChI is InChI=1S/C19H16ClN3O2/c1-12-5-3-7-16(13(12)2)25-17-9-8-14(11-22-17)23-19(24)15-6-4-10-21-18(15)20/h3-11H,1-2H3,(H,23,24). The molecule has 2 aromatic heterocycles. The van der Waals surface area contributed by atoms with Crippen molar-refractivity contribution in [3.8, 4) is 11.6 Å². The van der Waals surface area contributed by atoms with Crippen LogP contribution in [0.4, 0.5) is 5.69 Å². The van der Waals surface area contributed by atoms with Gasteiger partial charge in [-0.15, -0.1) is 0 Å². The fraction of sp³-hybridized carbons (Fsp3) is 0.105. The third-order valence-electron chi connectivity index (χ3n) is 3.77. The summed E-state index contributed by atoms with van der Waals surface area (Å²) in [5, 5.41) is 2.88. The van der Waals surface area contributed by atoms with E-state index in [1.165, 1.54) is 12.4 Å². The lowest BCUT2D eigenvalue weighted by Crippen LogP contribution is -2.13. The molecule has 6 heteroatoms. The number of benzene rings is 1. The highest BCUT2D eigenvalue weighted by Gasteiger charge is 2.11. The number of amides is 1. The number of anilines is 1. The van der Waals surface area contributed by atoms with E-state index in [1.54, 1.807) is 24.3 Å². The minimum Gasteiger partial charge on any atom is -0.439 e. The lowest BCUT2D eigenvalue weighted by molar-refractivity contribution is 0.102. The number of carbonyl (C=O) groups excluding carboxylic acids is 1. The maximum atomic E-state index is 12.2. The first kappa shape index (κ1) is 16.9. The zero-order valence-electron chi connectivity index (χ0n) is 13.8. The van der Waals surface area contributed by atoms with Crippen molar-refractivity contribution in [1.29, 1.82) is 0 Å². The molecule has 0 bridgehead atoms.